The number of likely N-dealkylation sites (tertiary alicyclic amines) is 1. The van der Waals surface area contributed by atoms with Gasteiger partial charge in [-0.15, -0.1) is 0 Å². The molecule has 2 N–H and O–H groups in total. The van der Waals surface area contributed by atoms with Crippen LogP contribution >= 0.6 is 0 Å². The molecule has 1 spiro atoms. The van der Waals surface area contributed by atoms with E-state index in [9.17, 15) is 14.7 Å². The molecule has 2 unspecified atom stereocenters. The fraction of sp³-hybridized carbons (Fsp3) is 0.867. The average molecular weight is 280 g/mol. The van der Waals surface area contributed by atoms with Crippen LogP contribution in [0.3, 0.4) is 0 Å². The minimum absolute atomic E-state index is 0.0707. The Morgan fingerprint density at radius 2 is 1.90 bits per heavy atom. The molecule has 5 nitrogen and oxygen atoms in total. The largest absolute Gasteiger partial charge is 0.480 e. The van der Waals surface area contributed by atoms with Crippen LogP contribution in [-0.2, 0) is 9.59 Å². The number of piperidine rings is 2. The quantitative estimate of drug-likeness (QED) is 0.798. The summed E-state index contributed by atoms with van der Waals surface area (Å²) < 4.78 is 0. The Hall–Kier alpha value is -1.10. The zero-order valence-corrected chi connectivity index (χ0v) is 12.2. The van der Waals surface area contributed by atoms with E-state index in [0.717, 1.165) is 45.2 Å². The summed E-state index contributed by atoms with van der Waals surface area (Å²) >= 11 is 0. The van der Waals surface area contributed by atoms with Gasteiger partial charge in [-0.1, -0.05) is 0 Å². The number of hydrogen-bond acceptors (Lipinski definition) is 3. The van der Waals surface area contributed by atoms with Crippen molar-refractivity contribution in [2.24, 2.45) is 11.3 Å². The number of aliphatic carboxylic acids is 1. The predicted molar refractivity (Wildman–Crippen MR) is 74.2 cm³/mol. The number of nitrogens with one attached hydrogen (secondary N) is 1. The highest BCUT2D eigenvalue weighted by molar-refractivity contribution is 5.90. The molecule has 3 aliphatic rings. The van der Waals surface area contributed by atoms with Gasteiger partial charge in [0.15, 0.2) is 0 Å². The smallest absolute Gasteiger partial charge is 0.329 e. The summed E-state index contributed by atoms with van der Waals surface area (Å²) in [6.45, 7) is 4.29. The van der Waals surface area contributed by atoms with Crippen LogP contribution in [0.1, 0.15) is 45.4 Å². The molecular formula is C15H24N2O3. The lowest BCUT2D eigenvalue weighted by molar-refractivity contribution is -0.162. The van der Waals surface area contributed by atoms with E-state index in [2.05, 4.69) is 5.32 Å². The van der Waals surface area contributed by atoms with Gasteiger partial charge >= 0.3 is 5.97 Å². The monoisotopic (exact) mass is 280 g/mol. The molecule has 2 atom stereocenters. The molecule has 1 aliphatic carbocycles. The number of nitrogens with zero attached hydrogens (tertiary/aromatic N) is 1. The number of hydrogen-bond donors (Lipinski definition) is 2. The first-order valence-electron chi connectivity index (χ1n) is 7.75. The van der Waals surface area contributed by atoms with E-state index in [-0.39, 0.29) is 17.2 Å². The molecule has 0 aromatic carbocycles. The maximum absolute atomic E-state index is 12.8. The second kappa shape index (κ2) is 4.72. The van der Waals surface area contributed by atoms with Crippen molar-refractivity contribution in [1.82, 2.24) is 10.2 Å². The van der Waals surface area contributed by atoms with Gasteiger partial charge in [0.25, 0.3) is 0 Å². The average Bonchev–Trinajstić information content (AvgIpc) is 3.12. The molecule has 2 aliphatic heterocycles. The van der Waals surface area contributed by atoms with Gasteiger partial charge in [0.2, 0.25) is 5.91 Å². The van der Waals surface area contributed by atoms with Crippen LogP contribution in [0.15, 0.2) is 0 Å². The highest BCUT2D eigenvalue weighted by Gasteiger charge is 2.60. The van der Waals surface area contributed by atoms with Crippen LogP contribution in [0.4, 0.5) is 0 Å². The summed E-state index contributed by atoms with van der Waals surface area (Å²) in [6.07, 6.45) is 5.47. The molecule has 0 radical (unpaired) electrons. The van der Waals surface area contributed by atoms with Crippen molar-refractivity contribution in [2.45, 2.75) is 51.0 Å². The van der Waals surface area contributed by atoms with Crippen molar-refractivity contribution in [1.29, 1.82) is 0 Å². The van der Waals surface area contributed by atoms with Gasteiger partial charge in [-0.2, -0.15) is 0 Å². The van der Waals surface area contributed by atoms with Crippen molar-refractivity contribution < 1.29 is 14.7 Å². The third-order valence-corrected chi connectivity index (χ3v) is 5.70. The molecule has 1 saturated carbocycles. The van der Waals surface area contributed by atoms with E-state index in [1.54, 1.807) is 11.8 Å². The van der Waals surface area contributed by atoms with E-state index in [0.29, 0.717) is 13.0 Å². The summed E-state index contributed by atoms with van der Waals surface area (Å²) in [4.78, 5) is 26.1. The molecule has 1 amide bonds. The maximum Gasteiger partial charge on any atom is 0.329 e. The molecule has 20 heavy (non-hydrogen) atoms. The van der Waals surface area contributed by atoms with E-state index in [1.165, 1.54) is 0 Å². The summed E-state index contributed by atoms with van der Waals surface area (Å²) in [7, 11) is 0. The number of carboxylic acid groups (broad SMARTS) is 1. The van der Waals surface area contributed by atoms with E-state index >= 15 is 0 Å². The molecular weight excluding hydrogens is 256 g/mol. The van der Waals surface area contributed by atoms with Crippen LogP contribution in [0, 0.1) is 11.3 Å². The highest BCUT2D eigenvalue weighted by Crippen LogP contribution is 2.59. The third kappa shape index (κ3) is 2.03. The van der Waals surface area contributed by atoms with Gasteiger partial charge in [0.1, 0.15) is 5.54 Å². The lowest BCUT2D eigenvalue weighted by Gasteiger charge is -2.42. The minimum atomic E-state index is -0.994. The predicted octanol–water partition coefficient (Wildman–Crippen LogP) is 1.23. The number of amides is 1. The van der Waals surface area contributed by atoms with Gasteiger partial charge < -0.3 is 15.3 Å². The fourth-order valence-corrected chi connectivity index (χ4v) is 4.06. The van der Waals surface area contributed by atoms with Crippen molar-refractivity contribution in [3.8, 4) is 0 Å². The van der Waals surface area contributed by atoms with Crippen molar-refractivity contribution in [2.75, 3.05) is 19.6 Å². The fourth-order valence-electron chi connectivity index (χ4n) is 4.06. The van der Waals surface area contributed by atoms with Gasteiger partial charge in [-0.3, -0.25) is 4.79 Å². The Labute approximate surface area is 119 Å². The Balaban J connectivity index is 1.75. The molecule has 2 saturated heterocycles. The molecule has 3 rings (SSSR count). The highest BCUT2D eigenvalue weighted by atomic mass is 16.4. The van der Waals surface area contributed by atoms with Crippen molar-refractivity contribution in [3.05, 3.63) is 0 Å². The summed E-state index contributed by atoms with van der Waals surface area (Å²) in [5, 5.41) is 12.9. The molecule has 0 aromatic rings. The summed E-state index contributed by atoms with van der Waals surface area (Å²) in [5.74, 6) is -0.691. The van der Waals surface area contributed by atoms with Crippen LogP contribution < -0.4 is 5.32 Å². The van der Waals surface area contributed by atoms with Crippen molar-refractivity contribution in [3.63, 3.8) is 0 Å². The minimum Gasteiger partial charge on any atom is -0.480 e. The maximum atomic E-state index is 12.8. The van der Waals surface area contributed by atoms with E-state index in [1.807, 2.05) is 0 Å². The SMILES string of the molecule is CC1(C(=O)O)CCCCN1C(=O)C1CC12CCNCC2. The second-order valence-corrected chi connectivity index (χ2v) is 6.90. The second-order valence-electron chi connectivity index (χ2n) is 6.90. The third-order valence-electron chi connectivity index (χ3n) is 5.70. The zero-order chi connectivity index (χ0) is 14.4. The standard InChI is InChI=1S/C15H24N2O3/c1-14(13(19)20)4-2-3-9-17(14)12(18)11-10-15(11)5-7-16-8-6-15/h11,16H,2-10H2,1H3,(H,19,20). The molecule has 2 heterocycles. The van der Waals surface area contributed by atoms with E-state index in [4.69, 9.17) is 0 Å². The van der Waals surface area contributed by atoms with Crippen LogP contribution in [-0.4, -0.2) is 47.1 Å². The summed E-state index contributed by atoms with van der Waals surface area (Å²) in [6, 6.07) is 0. The Bertz CT molecular complexity index is 431. The Morgan fingerprint density at radius 3 is 2.55 bits per heavy atom. The number of carboxylic acids is 1. The van der Waals surface area contributed by atoms with Crippen LogP contribution in [0.2, 0.25) is 0 Å². The van der Waals surface area contributed by atoms with Gasteiger partial charge in [0.05, 0.1) is 0 Å². The van der Waals surface area contributed by atoms with Gasteiger partial charge in [0, 0.05) is 12.5 Å². The number of rotatable bonds is 2. The molecule has 3 fully saturated rings. The first kappa shape index (κ1) is 13.9. The van der Waals surface area contributed by atoms with Crippen LogP contribution in [0.5, 0.6) is 0 Å². The number of carbonyl (C=O) groups is 2. The summed E-state index contributed by atoms with van der Waals surface area (Å²) in [5.41, 5.74) is -0.814. The Morgan fingerprint density at radius 1 is 1.20 bits per heavy atom. The zero-order valence-electron chi connectivity index (χ0n) is 12.2. The topological polar surface area (TPSA) is 69.6 Å². The lowest BCUT2D eigenvalue weighted by Crippen LogP contribution is -2.58. The van der Waals surface area contributed by atoms with E-state index < -0.39 is 11.5 Å². The lowest BCUT2D eigenvalue weighted by atomic mass is 9.86. The Kier molecular flexibility index (Phi) is 3.27. The first-order valence-corrected chi connectivity index (χ1v) is 7.75. The van der Waals surface area contributed by atoms with Crippen LogP contribution in [0.25, 0.3) is 0 Å². The number of carbonyl (C=O) groups excluding carboxylic acids is 1. The van der Waals surface area contributed by atoms with Crippen molar-refractivity contribution >= 4 is 11.9 Å². The molecule has 5 heteroatoms. The van der Waals surface area contributed by atoms with Gasteiger partial charge in [-0.05, 0) is 64.0 Å². The molecule has 0 bridgehead atoms. The molecule has 0 aromatic heterocycles. The first-order chi connectivity index (χ1) is 9.50. The molecule has 112 valence electrons. The normalized spacial score (nSPS) is 35.9. The van der Waals surface area contributed by atoms with Gasteiger partial charge in [-0.25, -0.2) is 4.79 Å².